The predicted molar refractivity (Wildman–Crippen MR) is 82.9 cm³/mol. The summed E-state index contributed by atoms with van der Waals surface area (Å²) >= 11 is 0. The number of nitrogens with one attached hydrogen (secondary N) is 3. The molecule has 122 valence electrons. The van der Waals surface area contributed by atoms with E-state index in [0.29, 0.717) is 17.8 Å². The lowest BCUT2D eigenvalue weighted by atomic mass is 10.1. The molecule has 0 aromatic heterocycles. The Balaban J connectivity index is 1.59. The van der Waals surface area contributed by atoms with Crippen LogP contribution in [0.2, 0.25) is 0 Å². The molecule has 1 saturated heterocycles. The quantitative estimate of drug-likeness (QED) is 0.750. The fourth-order valence-electron chi connectivity index (χ4n) is 2.75. The number of para-hydroxylation sites is 1. The van der Waals surface area contributed by atoms with E-state index in [2.05, 4.69) is 16.0 Å². The van der Waals surface area contributed by atoms with Crippen LogP contribution in [-0.4, -0.2) is 43.0 Å². The number of rotatable bonds is 4. The van der Waals surface area contributed by atoms with Crippen molar-refractivity contribution in [3.05, 3.63) is 29.8 Å². The highest BCUT2D eigenvalue weighted by atomic mass is 16.5. The predicted octanol–water partition coefficient (Wildman–Crippen LogP) is 0.422. The van der Waals surface area contributed by atoms with E-state index in [1.165, 1.54) is 0 Å². The second kappa shape index (κ2) is 6.78. The molecule has 0 radical (unpaired) electrons. The Labute approximate surface area is 133 Å². The number of fused-ring (bicyclic) bond motifs is 1. The second-order valence-electron chi connectivity index (χ2n) is 5.70. The van der Waals surface area contributed by atoms with E-state index in [1.54, 1.807) is 24.3 Å². The van der Waals surface area contributed by atoms with Crippen molar-refractivity contribution in [1.29, 1.82) is 0 Å². The first-order valence-electron chi connectivity index (χ1n) is 7.72. The number of carbonyl (C=O) groups is 3. The summed E-state index contributed by atoms with van der Waals surface area (Å²) in [6.07, 6.45) is 1.87. The van der Waals surface area contributed by atoms with Crippen LogP contribution in [0.4, 0.5) is 5.69 Å². The third kappa shape index (κ3) is 3.68. The van der Waals surface area contributed by atoms with Crippen LogP contribution in [0.5, 0.6) is 0 Å². The molecule has 3 amide bonds. The van der Waals surface area contributed by atoms with Crippen molar-refractivity contribution in [3.63, 3.8) is 0 Å². The lowest BCUT2D eigenvalue weighted by Gasteiger charge is -2.15. The molecule has 1 aromatic rings. The van der Waals surface area contributed by atoms with Crippen LogP contribution >= 0.6 is 0 Å². The molecule has 2 aliphatic rings. The number of ether oxygens (including phenoxy) is 1. The highest BCUT2D eigenvalue weighted by Crippen LogP contribution is 2.18. The molecule has 7 nitrogen and oxygen atoms in total. The minimum atomic E-state index is -0.889. The minimum Gasteiger partial charge on any atom is -0.376 e. The molecule has 2 atom stereocenters. The van der Waals surface area contributed by atoms with Crippen molar-refractivity contribution in [2.75, 3.05) is 18.5 Å². The van der Waals surface area contributed by atoms with E-state index in [9.17, 15) is 14.4 Å². The van der Waals surface area contributed by atoms with Crippen molar-refractivity contribution in [1.82, 2.24) is 10.6 Å². The molecular weight excluding hydrogens is 298 g/mol. The summed E-state index contributed by atoms with van der Waals surface area (Å²) in [7, 11) is 0. The van der Waals surface area contributed by atoms with Crippen molar-refractivity contribution in [3.8, 4) is 0 Å². The van der Waals surface area contributed by atoms with E-state index in [4.69, 9.17) is 4.74 Å². The standard InChI is InChI=1S/C16H19N3O4/c20-14(17-9-10-4-3-7-23-10)8-13-16(22)18-12-6-2-1-5-11(12)15(21)19-13/h1-2,5-6,10,13H,3-4,7-9H2,(H,17,20)(H,18,22)(H,19,21)/t10?,13-/m0/s1. The van der Waals surface area contributed by atoms with Gasteiger partial charge in [0.05, 0.1) is 23.8 Å². The maximum absolute atomic E-state index is 12.2. The van der Waals surface area contributed by atoms with Gasteiger partial charge in [-0.15, -0.1) is 0 Å². The topological polar surface area (TPSA) is 96.5 Å². The maximum Gasteiger partial charge on any atom is 0.254 e. The van der Waals surface area contributed by atoms with E-state index < -0.39 is 11.9 Å². The molecule has 23 heavy (non-hydrogen) atoms. The molecule has 1 fully saturated rings. The summed E-state index contributed by atoms with van der Waals surface area (Å²) < 4.78 is 5.43. The summed E-state index contributed by atoms with van der Waals surface area (Å²) in [4.78, 5) is 36.4. The number of amides is 3. The Morgan fingerprint density at radius 1 is 1.30 bits per heavy atom. The molecule has 3 rings (SSSR count). The number of benzene rings is 1. The fourth-order valence-corrected chi connectivity index (χ4v) is 2.75. The third-order valence-corrected chi connectivity index (χ3v) is 3.99. The summed E-state index contributed by atoms with van der Waals surface area (Å²) in [6.45, 7) is 1.15. The summed E-state index contributed by atoms with van der Waals surface area (Å²) in [5, 5.41) is 8.03. The van der Waals surface area contributed by atoms with Gasteiger partial charge in [0.1, 0.15) is 6.04 Å². The van der Waals surface area contributed by atoms with Crippen molar-refractivity contribution in [2.24, 2.45) is 0 Å². The van der Waals surface area contributed by atoms with Gasteiger partial charge >= 0.3 is 0 Å². The molecule has 2 aliphatic heterocycles. The smallest absolute Gasteiger partial charge is 0.254 e. The minimum absolute atomic E-state index is 0.0424. The lowest BCUT2D eigenvalue weighted by molar-refractivity contribution is -0.126. The van der Waals surface area contributed by atoms with Gasteiger partial charge in [0.2, 0.25) is 11.8 Å². The van der Waals surface area contributed by atoms with Crippen molar-refractivity contribution >= 4 is 23.4 Å². The molecule has 7 heteroatoms. The average Bonchev–Trinajstić information content (AvgIpc) is 3.02. The molecule has 3 N–H and O–H groups in total. The van der Waals surface area contributed by atoms with E-state index >= 15 is 0 Å². The molecule has 2 heterocycles. The molecule has 0 spiro atoms. The maximum atomic E-state index is 12.2. The van der Waals surface area contributed by atoms with E-state index in [0.717, 1.165) is 19.4 Å². The molecule has 1 aromatic carbocycles. The monoisotopic (exact) mass is 317 g/mol. The van der Waals surface area contributed by atoms with Crippen LogP contribution in [-0.2, 0) is 14.3 Å². The number of hydrogen-bond donors (Lipinski definition) is 3. The SMILES string of the molecule is O=C(C[C@@H]1NC(=O)c2ccccc2NC1=O)NCC1CCCO1. The van der Waals surface area contributed by atoms with Crippen molar-refractivity contribution in [2.45, 2.75) is 31.4 Å². The van der Waals surface area contributed by atoms with Gasteiger partial charge < -0.3 is 20.7 Å². The molecular formula is C16H19N3O4. The number of hydrogen-bond acceptors (Lipinski definition) is 4. The Kier molecular flexibility index (Phi) is 4.57. The number of anilines is 1. The van der Waals surface area contributed by atoms with Gasteiger partial charge in [0, 0.05) is 13.2 Å². The number of carbonyl (C=O) groups excluding carboxylic acids is 3. The van der Waals surface area contributed by atoms with Gasteiger partial charge in [-0.05, 0) is 25.0 Å². The van der Waals surface area contributed by atoms with Gasteiger partial charge in [0.15, 0.2) is 0 Å². The van der Waals surface area contributed by atoms with E-state index in [-0.39, 0.29) is 24.3 Å². The lowest BCUT2D eigenvalue weighted by Crippen LogP contribution is -2.45. The first kappa shape index (κ1) is 15.5. The molecule has 0 bridgehead atoms. The largest absolute Gasteiger partial charge is 0.376 e. The van der Waals surface area contributed by atoms with E-state index in [1.807, 2.05) is 0 Å². The molecule has 0 saturated carbocycles. The summed E-state index contributed by atoms with van der Waals surface area (Å²) in [6, 6.07) is 5.86. The zero-order chi connectivity index (χ0) is 16.2. The van der Waals surface area contributed by atoms with Crippen LogP contribution in [0.25, 0.3) is 0 Å². The van der Waals surface area contributed by atoms with Gasteiger partial charge in [0.25, 0.3) is 5.91 Å². The normalized spacial score (nSPS) is 23.5. The summed E-state index contributed by atoms with van der Waals surface area (Å²) in [5.74, 6) is -1.04. The fraction of sp³-hybridized carbons (Fsp3) is 0.438. The van der Waals surface area contributed by atoms with Crippen LogP contribution < -0.4 is 16.0 Å². The van der Waals surface area contributed by atoms with Gasteiger partial charge in [-0.3, -0.25) is 14.4 Å². The third-order valence-electron chi connectivity index (χ3n) is 3.99. The highest BCUT2D eigenvalue weighted by Gasteiger charge is 2.29. The zero-order valence-electron chi connectivity index (χ0n) is 12.6. The van der Waals surface area contributed by atoms with Gasteiger partial charge in [-0.1, -0.05) is 12.1 Å². The second-order valence-corrected chi connectivity index (χ2v) is 5.70. The van der Waals surface area contributed by atoms with Gasteiger partial charge in [-0.2, -0.15) is 0 Å². The molecule has 0 aliphatic carbocycles. The van der Waals surface area contributed by atoms with Crippen molar-refractivity contribution < 1.29 is 19.1 Å². The van der Waals surface area contributed by atoms with Crippen LogP contribution in [0, 0.1) is 0 Å². The summed E-state index contributed by atoms with van der Waals surface area (Å²) in [5.41, 5.74) is 0.848. The highest BCUT2D eigenvalue weighted by molar-refractivity contribution is 6.10. The Morgan fingerprint density at radius 3 is 2.91 bits per heavy atom. The zero-order valence-corrected chi connectivity index (χ0v) is 12.6. The Hall–Kier alpha value is -2.41. The van der Waals surface area contributed by atoms with Crippen LogP contribution in [0.1, 0.15) is 29.6 Å². The Bertz CT molecular complexity index is 626. The van der Waals surface area contributed by atoms with Gasteiger partial charge in [-0.25, -0.2) is 0 Å². The first-order valence-corrected chi connectivity index (χ1v) is 7.72. The Morgan fingerprint density at radius 2 is 2.13 bits per heavy atom. The average molecular weight is 317 g/mol. The van der Waals surface area contributed by atoms with Crippen LogP contribution in [0.3, 0.4) is 0 Å². The first-order chi connectivity index (χ1) is 11.1. The van der Waals surface area contributed by atoms with Crippen LogP contribution in [0.15, 0.2) is 24.3 Å². The molecule has 1 unspecified atom stereocenters.